The number of likely N-dealkylation sites (tertiary alicyclic amines) is 1. The summed E-state index contributed by atoms with van der Waals surface area (Å²) in [7, 11) is 2.39. The molecule has 2 unspecified atom stereocenters. The number of hydrogen-bond acceptors (Lipinski definition) is 1. The molecule has 1 heterocycles. The third-order valence-electron chi connectivity index (χ3n) is 7.39. The Morgan fingerprint density at radius 2 is 1.41 bits per heavy atom. The van der Waals surface area contributed by atoms with E-state index in [1.165, 1.54) is 64.3 Å². The SMILES string of the molecule is CC1CCC(C(CC2CCCCN2C)C2CCCCC2)CC1. The Bertz CT molecular complexity index is 312. The van der Waals surface area contributed by atoms with Gasteiger partial charge in [-0.25, -0.2) is 0 Å². The van der Waals surface area contributed by atoms with Crippen LogP contribution in [0, 0.1) is 23.7 Å². The average Bonchev–Trinajstić information content (AvgIpc) is 2.56. The molecular weight excluding hydrogens is 266 g/mol. The van der Waals surface area contributed by atoms with Crippen LogP contribution < -0.4 is 0 Å². The van der Waals surface area contributed by atoms with Crippen molar-refractivity contribution >= 4 is 0 Å². The minimum absolute atomic E-state index is 0.903. The molecule has 22 heavy (non-hydrogen) atoms. The monoisotopic (exact) mass is 305 g/mol. The van der Waals surface area contributed by atoms with Crippen LogP contribution in [0.3, 0.4) is 0 Å². The molecule has 3 rings (SSSR count). The maximum atomic E-state index is 2.70. The summed E-state index contributed by atoms with van der Waals surface area (Å²) >= 11 is 0. The highest BCUT2D eigenvalue weighted by Crippen LogP contribution is 2.44. The highest BCUT2D eigenvalue weighted by Gasteiger charge is 2.35. The zero-order chi connectivity index (χ0) is 15.4. The molecule has 3 aliphatic rings. The largest absolute Gasteiger partial charge is 0.303 e. The maximum Gasteiger partial charge on any atom is 0.00950 e. The van der Waals surface area contributed by atoms with Crippen molar-refractivity contribution in [2.75, 3.05) is 13.6 Å². The molecule has 2 atom stereocenters. The van der Waals surface area contributed by atoms with Crippen molar-refractivity contribution in [2.24, 2.45) is 23.7 Å². The molecule has 0 amide bonds. The number of hydrogen-bond donors (Lipinski definition) is 0. The first kappa shape index (κ1) is 16.8. The summed E-state index contributed by atoms with van der Waals surface area (Å²) in [6.07, 6.45) is 19.7. The van der Waals surface area contributed by atoms with E-state index < -0.39 is 0 Å². The van der Waals surface area contributed by atoms with Gasteiger partial charge < -0.3 is 4.90 Å². The lowest BCUT2D eigenvalue weighted by Crippen LogP contribution is -2.40. The second-order valence-electron chi connectivity index (χ2n) is 8.95. The molecule has 128 valence electrons. The van der Waals surface area contributed by atoms with Crippen LogP contribution in [0.5, 0.6) is 0 Å². The predicted molar refractivity (Wildman–Crippen MR) is 96.1 cm³/mol. The van der Waals surface area contributed by atoms with E-state index in [1.807, 2.05) is 0 Å². The topological polar surface area (TPSA) is 3.24 Å². The first-order chi connectivity index (χ1) is 10.7. The molecule has 2 aliphatic carbocycles. The Labute approximate surface area is 139 Å². The van der Waals surface area contributed by atoms with Crippen LogP contribution in [0.15, 0.2) is 0 Å². The Hall–Kier alpha value is -0.0400. The minimum Gasteiger partial charge on any atom is -0.303 e. The van der Waals surface area contributed by atoms with Crippen molar-refractivity contribution in [3.05, 3.63) is 0 Å². The minimum atomic E-state index is 0.903. The molecule has 1 nitrogen and oxygen atoms in total. The van der Waals surface area contributed by atoms with E-state index in [-0.39, 0.29) is 0 Å². The van der Waals surface area contributed by atoms with Gasteiger partial charge in [0.05, 0.1) is 0 Å². The molecule has 0 spiro atoms. The zero-order valence-electron chi connectivity index (χ0n) is 15.2. The Kier molecular flexibility index (Phi) is 6.24. The van der Waals surface area contributed by atoms with Crippen molar-refractivity contribution in [3.63, 3.8) is 0 Å². The van der Waals surface area contributed by atoms with Gasteiger partial charge in [-0.3, -0.25) is 0 Å². The Balaban J connectivity index is 1.64. The highest BCUT2D eigenvalue weighted by molar-refractivity contribution is 4.87. The van der Waals surface area contributed by atoms with Crippen molar-refractivity contribution in [2.45, 2.75) is 96.4 Å². The molecule has 2 saturated carbocycles. The number of rotatable bonds is 4. The maximum absolute atomic E-state index is 2.70. The van der Waals surface area contributed by atoms with Gasteiger partial charge in [0.15, 0.2) is 0 Å². The van der Waals surface area contributed by atoms with Crippen molar-refractivity contribution < 1.29 is 0 Å². The highest BCUT2D eigenvalue weighted by atomic mass is 15.1. The summed E-state index contributed by atoms with van der Waals surface area (Å²) in [6.45, 7) is 3.82. The molecular formula is C21H39N. The van der Waals surface area contributed by atoms with Crippen molar-refractivity contribution in [1.82, 2.24) is 4.90 Å². The molecule has 1 saturated heterocycles. The van der Waals surface area contributed by atoms with Crippen LogP contribution >= 0.6 is 0 Å². The van der Waals surface area contributed by atoms with Gasteiger partial charge in [0.25, 0.3) is 0 Å². The van der Waals surface area contributed by atoms with Gasteiger partial charge in [-0.2, -0.15) is 0 Å². The summed E-state index contributed by atoms with van der Waals surface area (Å²) in [5, 5.41) is 0. The normalized spacial score (nSPS) is 37.1. The fourth-order valence-corrected chi connectivity index (χ4v) is 5.80. The van der Waals surface area contributed by atoms with Crippen LogP contribution in [-0.4, -0.2) is 24.5 Å². The fraction of sp³-hybridized carbons (Fsp3) is 1.00. The van der Waals surface area contributed by atoms with Gasteiger partial charge in [0, 0.05) is 6.04 Å². The first-order valence-electron chi connectivity index (χ1n) is 10.4. The lowest BCUT2D eigenvalue weighted by molar-refractivity contribution is 0.0747. The number of nitrogens with zero attached hydrogens (tertiary/aromatic N) is 1. The van der Waals surface area contributed by atoms with E-state index in [4.69, 9.17) is 0 Å². The van der Waals surface area contributed by atoms with Crippen LogP contribution in [-0.2, 0) is 0 Å². The van der Waals surface area contributed by atoms with E-state index in [2.05, 4.69) is 18.9 Å². The smallest absolute Gasteiger partial charge is 0.00950 e. The summed E-state index contributed by atoms with van der Waals surface area (Å²) in [5.74, 6) is 4.19. The van der Waals surface area contributed by atoms with E-state index >= 15 is 0 Å². The summed E-state index contributed by atoms with van der Waals surface area (Å²) < 4.78 is 0. The van der Waals surface area contributed by atoms with E-state index in [9.17, 15) is 0 Å². The molecule has 0 radical (unpaired) electrons. The lowest BCUT2D eigenvalue weighted by atomic mass is 9.66. The first-order valence-corrected chi connectivity index (χ1v) is 10.4. The quantitative estimate of drug-likeness (QED) is 0.626. The zero-order valence-corrected chi connectivity index (χ0v) is 15.2. The van der Waals surface area contributed by atoms with Gasteiger partial charge in [0.2, 0.25) is 0 Å². The fourth-order valence-electron chi connectivity index (χ4n) is 5.80. The second-order valence-corrected chi connectivity index (χ2v) is 8.95. The van der Waals surface area contributed by atoms with E-state index in [0.717, 1.165) is 29.7 Å². The molecule has 0 N–H and O–H groups in total. The third-order valence-corrected chi connectivity index (χ3v) is 7.39. The molecule has 1 aliphatic heterocycles. The van der Waals surface area contributed by atoms with Crippen molar-refractivity contribution in [3.8, 4) is 0 Å². The van der Waals surface area contributed by atoms with Gasteiger partial charge in [-0.15, -0.1) is 0 Å². The van der Waals surface area contributed by atoms with Gasteiger partial charge >= 0.3 is 0 Å². The van der Waals surface area contributed by atoms with Gasteiger partial charge in [-0.1, -0.05) is 58.3 Å². The molecule has 0 aromatic rings. The van der Waals surface area contributed by atoms with Crippen LogP contribution in [0.1, 0.15) is 90.4 Å². The molecule has 0 aromatic carbocycles. The standard InChI is InChI=1S/C21H39N/c1-17-11-13-19(14-12-17)21(18-8-4-3-5-9-18)16-20-10-6-7-15-22(20)2/h17-21H,3-16H2,1-2H3. The molecule has 1 heteroatoms. The van der Waals surface area contributed by atoms with E-state index in [1.54, 1.807) is 25.7 Å². The Morgan fingerprint density at radius 1 is 0.773 bits per heavy atom. The Morgan fingerprint density at radius 3 is 2.09 bits per heavy atom. The summed E-state index contributed by atoms with van der Waals surface area (Å²) in [6, 6.07) is 0.903. The molecule has 3 fully saturated rings. The van der Waals surface area contributed by atoms with Crippen LogP contribution in [0.4, 0.5) is 0 Å². The third kappa shape index (κ3) is 4.28. The van der Waals surface area contributed by atoms with Gasteiger partial charge in [0.1, 0.15) is 0 Å². The number of piperidine rings is 1. The van der Waals surface area contributed by atoms with E-state index in [0.29, 0.717) is 0 Å². The van der Waals surface area contributed by atoms with Crippen molar-refractivity contribution in [1.29, 1.82) is 0 Å². The summed E-state index contributed by atoms with van der Waals surface area (Å²) in [5.41, 5.74) is 0. The van der Waals surface area contributed by atoms with Crippen LogP contribution in [0.25, 0.3) is 0 Å². The molecule has 0 aromatic heterocycles. The average molecular weight is 306 g/mol. The summed E-state index contributed by atoms with van der Waals surface area (Å²) in [4.78, 5) is 2.70. The van der Waals surface area contributed by atoms with Gasteiger partial charge in [-0.05, 0) is 69.4 Å². The lowest BCUT2D eigenvalue weighted by Gasteiger charge is -2.43. The predicted octanol–water partition coefficient (Wildman–Crippen LogP) is 5.88. The molecule has 0 bridgehead atoms. The second kappa shape index (κ2) is 8.18. The van der Waals surface area contributed by atoms with Crippen LogP contribution in [0.2, 0.25) is 0 Å².